The molecule has 0 aromatic heterocycles. The Balaban J connectivity index is 2.23. The number of likely N-dealkylation sites (N-methyl/N-ethyl adjacent to an activating group) is 1. The van der Waals surface area contributed by atoms with E-state index in [4.69, 9.17) is 5.73 Å². The van der Waals surface area contributed by atoms with Gasteiger partial charge in [0.25, 0.3) is 0 Å². The summed E-state index contributed by atoms with van der Waals surface area (Å²) in [4.78, 5) is 2.49. The zero-order valence-electron chi connectivity index (χ0n) is 11.6. The van der Waals surface area contributed by atoms with Crippen molar-refractivity contribution in [2.75, 3.05) is 25.1 Å². The van der Waals surface area contributed by atoms with Gasteiger partial charge in [-0.1, -0.05) is 23.8 Å². The third-order valence-electron chi connectivity index (χ3n) is 3.99. The molecule has 0 radical (unpaired) electrons. The van der Waals surface area contributed by atoms with E-state index in [2.05, 4.69) is 55.8 Å². The number of hydrogen-bond acceptors (Lipinski definition) is 3. The first-order valence-electron chi connectivity index (χ1n) is 6.70. The summed E-state index contributed by atoms with van der Waals surface area (Å²) in [5.41, 5.74) is 10.1. The molecule has 1 heterocycles. The van der Waals surface area contributed by atoms with Crippen molar-refractivity contribution in [3.8, 4) is 0 Å². The number of nitrogens with zero attached hydrogens (tertiary/aromatic N) is 1. The molecule has 3 heteroatoms. The van der Waals surface area contributed by atoms with E-state index in [0.717, 1.165) is 0 Å². The lowest BCUT2D eigenvalue weighted by Crippen LogP contribution is -2.39. The van der Waals surface area contributed by atoms with Crippen molar-refractivity contribution in [1.82, 2.24) is 4.90 Å². The Kier molecular flexibility index (Phi) is 4.71. The lowest BCUT2D eigenvalue weighted by Gasteiger charge is -2.33. The Bertz CT molecular complexity index is 399. The molecule has 1 aliphatic heterocycles. The average Bonchev–Trinajstić information content (AvgIpc) is 2.88. The van der Waals surface area contributed by atoms with Gasteiger partial charge in [0.15, 0.2) is 0 Å². The van der Waals surface area contributed by atoms with E-state index in [1.165, 1.54) is 34.6 Å². The molecular formula is C15H24N2S. The Labute approximate surface area is 115 Å². The van der Waals surface area contributed by atoms with Crippen LogP contribution in [0.1, 0.15) is 29.2 Å². The van der Waals surface area contributed by atoms with Crippen molar-refractivity contribution in [3.05, 3.63) is 34.9 Å². The van der Waals surface area contributed by atoms with Crippen LogP contribution >= 0.6 is 11.8 Å². The Morgan fingerprint density at radius 3 is 2.83 bits per heavy atom. The zero-order valence-corrected chi connectivity index (χ0v) is 12.5. The second-order valence-corrected chi connectivity index (χ2v) is 6.44. The Morgan fingerprint density at radius 1 is 1.44 bits per heavy atom. The van der Waals surface area contributed by atoms with Crippen molar-refractivity contribution >= 4 is 11.8 Å². The minimum absolute atomic E-state index is 0.355. The van der Waals surface area contributed by atoms with Gasteiger partial charge in [-0.05, 0) is 44.2 Å². The highest BCUT2D eigenvalue weighted by Gasteiger charge is 2.26. The van der Waals surface area contributed by atoms with Crippen LogP contribution in [0.3, 0.4) is 0 Å². The van der Waals surface area contributed by atoms with Crippen molar-refractivity contribution in [1.29, 1.82) is 0 Å². The van der Waals surface area contributed by atoms with Gasteiger partial charge in [0, 0.05) is 24.4 Å². The van der Waals surface area contributed by atoms with Gasteiger partial charge in [0.2, 0.25) is 0 Å². The predicted molar refractivity (Wildman–Crippen MR) is 81.2 cm³/mol. The second kappa shape index (κ2) is 6.09. The second-order valence-electron chi connectivity index (χ2n) is 5.29. The minimum Gasteiger partial charge on any atom is -0.329 e. The van der Waals surface area contributed by atoms with Gasteiger partial charge in [0.05, 0.1) is 0 Å². The number of nitrogens with two attached hydrogens (primary N) is 1. The lowest BCUT2D eigenvalue weighted by molar-refractivity contribution is 0.192. The molecular weight excluding hydrogens is 240 g/mol. The van der Waals surface area contributed by atoms with E-state index in [0.29, 0.717) is 18.6 Å². The summed E-state index contributed by atoms with van der Waals surface area (Å²) < 4.78 is 0. The fourth-order valence-corrected chi connectivity index (χ4v) is 4.01. The summed E-state index contributed by atoms with van der Waals surface area (Å²) in [6.45, 7) is 5.04. The third-order valence-corrected chi connectivity index (χ3v) is 5.14. The number of rotatable bonds is 4. The van der Waals surface area contributed by atoms with E-state index >= 15 is 0 Å². The van der Waals surface area contributed by atoms with E-state index in [1.807, 2.05) is 0 Å². The fraction of sp³-hybridized carbons (Fsp3) is 0.600. The summed E-state index contributed by atoms with van der Waals surface area (Å²) in [6, 6.07) is 7.73. The van der Waals surface area contributed by atoms with Crippen LogP contribution in [0.4, 0.5) is 0 Å². The molecule has 100 valence electrons. The van der Waals surface area contributed by atoms with Crippen molar-refractivity contribution in [2.45, 2.75) is 32.4 Å². The molecule has 0 bridgehead atoms. The minimum atomic E-state index is 0.355. The first-order chi connectivity index (χ1) is 8.63. The molecule has 18 heavy (non-hydrogen) atoms. The average molecular weight is 264 g/mol. The maximum atomic E-state index is 6.04. The summed E-state index contributed by atoms with van der Waals surface area (Å²) in [5, 5.41) is 0. The largest absolute Gasteiger partial charge is 0.329 e. The van der Waals surface area contributed by atoms with Crippen LogP contribution in [0.25, 0.3) is 0 Å². The zero-order chi connectivity index (χ0) is 13.1. The van der Waals surface area contributed by atoms with E-state index in [1.54, 1.807) is 0 Å². The van der Waals surface area contributed by atoms with Gasteiger partial charge >= 0.3 is 0 Å². The standard InChI is InChI=1S/C15H24N2S/c1-11-4-5-12(2)14(8-11)15(9-16)17(3)13-6-7-18-10-13/h4-5,8,13,15H,6-7,9-10,16H2,1-3H3. The molecule has 0 spiro atoms. The molecule has 0 amide bonds. The molecule has 1 fully saturated rings. The van der Waals surface area contributed by atoms with Crippen LogP contribution in [0, 0.1) is 13.8 Å². The maximum Gasteiger partial charge on any atom is 0.0473 e. The van der Waals surface area contributed by atoms with Gasteiger partial charge in [-0.15, -0.1) is 0 Å². The van der Waals surface area contributed by atoms with E-state index < -0.39 is 0 Å². The quantitative estimate of drug-likeness (QED) is 0.906. The molecule has 0 saturated carbocycles. The van der Waals surface area contributed by atoms with Crippen molar-refractivity contribution in [2.24, 2.45) is 5.73 Å². The number of thioether (sulfide) groups is 1. The van der Waals surface area contributed by atoms with Gasteiger partial charge < -0.3 is 5.73 Å². The van der Waals surface area contributed by atoms with Crippen LogP contribution in [0.2, 0.25) is 0 Å². The maximum absolute atomic E-state index is 6.04. The van der Waals surface area contributed by atoms with Gasteiger partial charge in [-0.3, -0.25) is 4.90 Å². The van der Waals surface area contributed by atoms with Gasteiger partial charge in [-0.25, -0.2) is 0 Å². The Hall–Kier alpha value is -0.510. The summed E-state index contributed by atoms with van der Waals surface area (Å²) >= 11 is 2.06. The van der Waals surface area contributed by atoms with Crippen LogP contribution < -0.4 is 5.73 Å². The molecule has 2 nitrogen and oxygen atoms in total. The Morgan fingerprint density at radius 2 is 2.22 bits per heavy atom. The summed E-state index contributed by atoms with van der Waals surface area (Å²) in [6.07, 6.45) is 1.29. The highest BCUT2D eigenvalue weighted by molar-refractivity contribution is 7.99. The number of hydrogen-bond donors (Lipinski definition) is 1. The lowest BCUT2D eigenvalue weighted by atomic mass is 9.97. The van der Waals surface area contributed by atoms with Crippen LogP contribution in [0.15, 0.2) is 18.2 Å². The molecule has 1 aromatic rings. The SMILES string of the molecule is Cc1ccc(C)c(C(CN)N(C)C2CCSC2)c1. The van der Waals surface area contributed by atoms with E-state index in [-0.39, 0.29) is 0 Å². The predicted octanol–water partition coefficient (Wildman–Crippen LogP) is 2.74. The van der Waals surface area contributed by atoms with Crippen LogP contribution in [-0.2, 0) is 0 Å². The molecule has 1 aromatic carbocycles. The van der Waals surface area contributed by atoms with Crippen LogP contribution in [-0.4, -0.2) is 36.0 Å². The monoisotopic (exact) mass is 264 g/mol. The third kappa shape index (κ3) is 2.90. The van der Waals surface area contributed by atoms with Crippen LogP contribution in [0.5, 0.6) is 0 Å². The fourth-order valence-electron chi connectivity index (χ4n) is 2.73. The molecule has 2 N–H and O–H groups in total. The summed E-state index contributed by atoms with van der Waals surface area (Å²) in [7, 11) is 2.23. The first kappa shape index (κ1) is 13.9. The van der Waals surface area contributed by atoms with Gasteiger partial charge in [0.1, 0.15) is 0 Å². The molecule has 2 rings (SSSR count). The van der Waals surface area contributed by atoms with E-state index in [9.17, 15) is 0 Å². The molecule has 2 unspecified atom stereocenters. The molecule has 2 atom stereocenters. The number of aryl methyl sites for hydroxylation is 2. The number of benzene rings is 1. The van der Waals surface area contributed by atoms with Crippen molar-refractivity contribution < 1.29 is 0 Å². The highest BCUT2D eigenvalue weighted by Crippen LogP contribution is 2.30. The summed E-state index contributed by atoms with van der Waals surface area (Å²) in [5.74, 6) is 2.54. The molecule has 1 saturated heterocycles. The molecule has 1 aliphatic rings. The molecule has 0 aliphatic carbocycles. The van der Waals surface area contributed by atoms with Crippen molar-refractivity contribution in [3.63, 3.8) is 0 Å². The normalized spacial score (nSPS) is 21.5. The van der Waals surface area contributed by atoms with Gasteiger partial charge in [-0.2, -0.15) is 11.8 Å². The smallest absolute Gasteiger partial charge is 0.0473 e. The highest BCUT2D eigenvalue weighted by atomic mass is 32.2. The first-order valence-corrected chi connectivity index (χ1v) is 7.86. The topological polar surface area (TPSA) is 29.3 Å².